The molecule has 1 aromatic carbocycles. The van der Waals surface area contributed by atoms with Crippen LogP contribution in [0.1, 0.15) is 107 Å². The van der Waals surface area contributed by atoms with E-state index < -0.39 is 81.0 Å². The molecule has 4 aliphatic carbocycles. The Hall–Kier alpha value is -2.97. The van der Waals surface area contributed by atoms with Crippen molar-refractivity contribution in [1.82, 2.24) is 0 Å². The Bertz CT molecular complexity index is 1450. The Morgan fingerprint density at radius 1 is 1.02 bits per heavy atom. The molecule has 5 rings (SSSR count). The van der Waals surface area contributed by atoms with Crippen LogP contribution in [-0.4, -0.2) is 55.9 Å². The van der Waals surface area contributed by atoms with Crippen LogP contribution in [0.2, 0.25) is 0 Å². The summed E-state index contributed by atoms with van der Waals surface area (Å²) in [6, 6.07) is 3.44. The Labute approximate surface area is 252 Å². The first-order chi connectivity index (χ1) is 20.0. The summed E-state index contributed by atoms with van der Waals surface area (Å²) in [5.74, 6) is -10.5. The van der Waals surface area contributed by atoms with E-state index in [0.29, 0.717) is 29.0 Å². The number of phenolic OH excluding ortho intramolecular Hbond substituents is 1. The van der Waals surface area contributed by atoms with Gasteiger partial charge in [-0.1, -0.05) is 72.1 Å². The first kappa shape index (κ1) is 31.5. The molecule has 3 unspecified atom stereocenters. The number of fused-ring (bicyclic) bond motifs is 3. The molecular formula is C35H44O8. The summed E-state index contributed by atoms with van der Waals surface area (Å²) in [4.78, 5) is 69.7. The van der Waals surface area contributed by atoms with Crippen molar-refractivity contribution in [1.29, 1.82) is 0 Å². The van der Waals surface area contributed by atoms with E-state index in [1.807, 2.05) is 0 Å². The van der Waals surface area contributed by atoms with Crippen molar-refractivity contribution < 1.29 is 39.3 Å². The lowest BCUT2D eigenvalue weighted by molar-refractivity contribution is -0.241. The van der Waals surface area contributed by atoms with Gasteiger partial charge in [-0.3, -0.25) is 24.0 Å². The van der Waals surface area contributed by atoms with Gasteiger partial charge in [0.1, 0.15) is 17.5 Å². The van der Waals surface area contributed by atoms with Gasteiger partial charge in [-0.05, 0) is 55.6 Å². The van der Waals surface area contributed by atoms with Crippen LogP contribution >= 0.6 is 0 Å². The lowest BCUT2D eigenvalue weighted by Crippen LogP contribution is -2.82. The summed E-state index contributed by atoms with van der Waals surface area (Å²) in [6.45, 7) is 13.1. The Kier molecular flexibility index (Phi) is 7.53. The van der Waals surface area contributed by atoms with Gasteiger partial charge < -0.3 is 15.3 Å². The maximum absolute atomic E-state index is 14.8. The van der Waals surface area contributed by atoms with Crippen molar-refractivity contribution in [3.05, 3.63) is 35.4 Å². The third kappa shape index (κ3) is 3.91. The minimum absolute atomic E-state index is 0.0602. The molecule has 0 radical (unpaired) electrons. The Balaban J connectivity index is 1.80. The number of aliphatic hydroxyl groups is 2. The smallest absolute Gasteiger partial charge is 0.191 e. The third-order valence-electron chi connectivity index (χ3n) is 11.7. The van der Waals surface area contributed by atoms with Gasteiger partial charge in [-0.25, -0.2) is 0 Å². The number of benzene rings is 1. The zero-order valence-corrected chi connectivity index (χ0v) is 26.0. The van der Waals surface area contributed by atoms with Gasteiger partial charge in [0.25, 0.3) is 0 Å². The fourth-order valence-corrected chi connectivity index (χ4v) is 9.70. The van der Waals surface area contributed by atoms with Gasteiger partial charge in [-0.2, -0.15) is 0 Å². The fourth-order valence-electron chi connectivity index (χ4n) is 9.70. The molecule has 3 N–H and O–H groups in total. The quantitative estimate of drug-likeness (QED) is 0.406. The SMILES string of the molecule is C=C(C)c1ccc2c(c1O)C(=O)C1C(=O)[C@@]3(O)C(=O)C(C(C)=O)C(=O)C(C(C)C)[C@@]3(C)[C@H](O)[C@@]1(C)[C@@H]2CCC1CCCC1. The predicted octanol–water partition coefficient (Wildman–Crippen LogP) is 4.61. The van der Waals surface area contributed by atoms with Gasteiger partial charge in [0.15, 0.2) is 28.7 Å². The van der Waals surface area contributed by atoms with Crippen LogP contribution in [0.25, 0.3) is 5.57 Å². The van der Waals surface area contributed by atoms with Gasteiger partial charge in [0.2, 0.25) is 0 Å². The van der Waals surface area contributed by atoms with Crippen LogP contribution in [0.15, 0.2) is 18.7 Å². The molecule has 3 fully saturated rings. The van der Waals surface area contributed by atoms with E-state index >= 15 is 0 Å². The van der Waals surface area contributed by atoms with Crippen molar-refractivity contribution in [3.63, 3.8) is 0 Å². The van der Waals surface area contributed by atoms with Crippen LogP contribution in [0.5, 0.6) is 5.75 Å². The summed E-state index contributed by atoms with van der Waals surface area (Å²) in [5, 5.41) is 36.3. The Morgan fingerprint density at radius 3 is 2.16 bits per heavy atom. The molecule has 0 aromatic heterocycles. The van der Waals surface area contributed by atoms with E-state index in [1.165, 1.54) is 6.92 Å². The summed E-state index contributed by atoms with van der Waals surface area (Å²) < 4.78 is 0. The molecule has 0 amide bonds. The monoisotopic (exact) mass is 592 g/mol. The number of hydrogen-bond donors (Lipinski definition) is 3. The molecule has 0 saturated heterocycles. The van der Waals surface area contributed by atoms with Gasteiger partial charge in [-0.15, -0.1) is 0 Å². The second kappa shape index (κ2) is 10.3. The number of allylic oxidation sites excluding steroid dienone is 1. The molecule has 0 spiro atoms. The van der Waals surface area contributed by atoms with Gasteiger partial charge in [0.05, 0.1) is 17.6 Å². The zero-order valence-electron chi connectivity index (χ0n) is 26.0. The summed E-state index contributed by atoms with van der Waals surface area (Å²) in [6.07, 6.45) is 3.96. The van der Waals surface area contributed by atoms with E-state index in [1.54, 1.807) is 39.8 Å². The van der Waals surface area contributed by atoms with Crippen LogP contribution < -0.4 is 0 Å². The van der Waals surface area contributed by atoms with Crippen LogP contribution in [0.4, 0.5) is 0 Å². The van der Waals surface area contributed by atoms with Crippen molar-refractivity contribution in [2.75, 3.05) is 0 Å². The van der Waals surface area contributed by atoms with Gasteiger partial charge >= 0.3 is 0 Å². The highest BCUT2D eigenvalue weighted by molar-refractivity contribution is 6.33. The van der Waals surface area contributed by atoms with Crippen molar-refractivity contribution >= 4 is 34.5 Å². The number of Topliss-reactive ketones (excluding diaryl/α,β-unsaturated/α-hetero) is 5. The molecule has 232 valence electrons. The number of hydrogen-bond acceptors (Lipinski definition) is 8. The lowest BCUT2D eigenvalue weighted by Gasteiger charge is -2.66. The van der Waals surface area contributed by atoms with E-state index in [0.717, 1.165) is 39.0 Å². The minimum Gasteiger partial charge on any atom is -0.507 e. The summed E-state index contributed by atoms with van der Waals surface area (Å²) in [7, 11) is 0. The highest BCUT2D eigenvalue weighted by Crippen LogP contribution is 2.67. The minimum atomic E-state index is -2.97. The predicted molar refractivity (Wildman–Crippen MR) is 159 cm³/mol. The standard InChI is InChI=1S/C35H44O8/c1-16(2)20-13-14-21-22(15-12-19-10-8-9-11-19)33(6)26(29(39)24(21)27(20)37)31(41)35(43)30(40)23(18(5)36)28(38)25(17(3)4)34(35,7)32(33)42/h13-14,17,19,22-23,25-26,32,37,42-43H,1,8-12,15H2,2-7H3/t22-,23?,25?,26?,32-,33+,34+,35+/m1/s1. The van der Waals surface area contributed by atoms with Crippen molar-refractivity contribution in [2.45, 2.75) is 97.7 Å². The largest absolute Gasteiger partial charge is 0.507 e. The number of carbonyl (C=O) groups excluding carboxylic acids is 5. The van der Waals surface area contributed by atoms with Gasteiger partial charge in [0, 0.05) is 22.3 Å². The third-order valence-corrected chi connectivity index (χ3v) is 11.7. The topological polar surface area (TPSA) is 146 Å². The van der Waals surface area contributed by atoms with Crippen molar-refractivity contribution in [3.8, 4) is 5.75 Å². The number of rotatable bonds is 6. The molecule has 1 aromatic rings. The molecule has 0 bridgehead atoms. The molecule has 8 heteroatoms. The average molecular weight is 593 g/mol. The number of aliphatic hydroxyl groups excluding tert-OH is 1. The van der Waals surface area contributed by atoms with E-state index in [9.17, 15) is 39.3 Å². The fraction of sp³-hybridized carbons (Fsp3) is 0.629. The van der Waals surface area contributed by atoms with E-state index in [-0.39, 0.29) is 11.3 Å². The summed E-state index contributed by atoms with van der Waals surface area (Å²) >= 11 is 0. The molecular weight excluding hydrogens is 548 g/mol. The first-order valence-corrected chi connectivity index (χ1v) is 15.6. The van der Waals surface area contributed by atoms with Crippen LogP contribution in [0, 0.1) is 40.4 Å². The number of aromatic hydroxyl groups is 1. The van der Waals surface area contributed by atoms with Crippen LogP contribution in [0.3, 0.4) is 0 Å². The first-order valence-electron chi connectivity index (χ1n) is 15.6. The number of phenols is 1. The van der Waals surface area contributed by atoms with E-state index in [2.05, 4.69) is 6.58 Å². The molecule has 8 nitrogen and oxygen atoms in total. The molecule has 8 atom stereocenters. The Morgan fingerprint density at radius 2 is 1.63 bits per heavy atom. The molecule has 0 heterocycles. The number of ketones is 5. The maximum atomic E-state index is 14.8. The zero-order chi connectivity index (χ0) is 32.0. The average Bonchev–Trinajstić information content (AvgIpc) is 3.43. The molecule has 4 aliphatic rings. The maximum Gasteiger partial charge on any atom is 0.191 e. The molecule has 3 saturated carbocycles. The number of carbonyl (C=O) groups is 5. The van der Waals surface area contributed by atoms with Crippen molar-refractivity contribution in [2.24, 2.45) is 40.4 Å². The highest BCUT2D eigenvalue weighted by atomic mass is 16.3. The lowest BCUT2D eigenvalue weighted by atomic mass is 9.37. The van der Waals surface area contributed by atoms with E-state index in [4.69, 9.17) is 0 Å². The normalized spacial score (nSPS) is 37.7. The second-order valence-electron chi connectivity index (χ2n) is 14.4. The molecule has 43 heavy (non-hydrogen) atoms. The highest BCUT2D eigenvalue weighted by Gasteiger charge is 2.80. The van der Waals surface area contributed by atoms with Crippen LogP contribution in [-0.2, 0) is 19.2 Å². The molecule has 0 aliphatic heterocycles. The summed E-state index contributed by atoms with van der Waals surface area (Å²) in [5.41, 5.74) is -5.21. The second-order valence-corrected chi connectivity index (χ2v) is 14.4.